The average molecular weight is 178 g/mol. The van der Waals surface area contributed by atoms with Crippen LogP contribution in [-0.2, 0) is 5.41 Å². The average Bonchev–Trinajstić information content (AvgIpc) is 2.55. The first kappa shape index (κ1) is 4.14. The summed E-state index contributed by atoms with van der Waals surface area (Å²) in [5.74, 6) is -1.75. The highest BCUT2D eigenvalue weighted by atomic mass is 15.0. The van der Waals surface area contributed by atoms with Crippen molar-refractivity contribution in [2.75, 3.05) is 13.0 Å². The van der Waals surface area contributed by atoms with E-state index < -0.39 is 24.2 Å². The van der Waals surface area contributed by atoms with Crippen molar-refractivity contribution >= 4 is 0 Å². The number of aryl methyl sites for hydroxylation is 1. The molecule has 0 amide bonds. The highest BCUT2D eigenvalue weighted by Gasteiger charge is 2.57. The molecule has 2 unspecified atom stereocenters. The molecule has 2 fully saturated rings. The van der Waals surface area contributed by atoms with Crippen LogP contribution in [0.15, 0.2) is 24.3 Å². The van der Waals surface area contributed by atoms with Gasteiger partial charge >= 0.3 is 0 Å². The van der Waals surface area contributed by atoms with Crippen LogP contribution in [0.3, 0.4) is 0 Å². The van der Waals surface area contributed by atoms with Gasteiger partial charge in [0.1, 0.15) is 0 Å². The molecule has 1 heteroatoms. The van der Waals surface area contributed by atoms with Crippen molar-refractivity contribution in [3.05, 3.63) is 35.4 Å². The number of rotatable bonds is 1. The fourth-order valence-corrected chi connectivity index (χ4v) is 1.87. The molecule has 1 saturated carbocycles. The van der Waals surface area contributed by atoms with Gasteiger partial charge in [0.25, 0.3) is 0 Å². The smallest absolute Gasteiger partial charge is 0.0431 e. The molecule has 0 bridgehead atoms. The van der Waals surface area contributed by atoms with E-state index in [1.165, 1.54) is 0 Å². The summed E-state index contributed by atoms with van der Waals surface area (Å²) in [6, 6.07) is 7.39. The molecule has 1 saturated heterocycles. The molecule has 3 rings (SSSR count). The van der Waals surface area contributed by atoms with E-state index in [9.17, 15) is 0 Å². The summed E-state index contributed by atoms with van der Waals surface area (Å²) in [5, 5.41) is 2.65. The second-order valence-electron chi connectivity index (χ2n) is 3.75. The van der Waals surface area contributed by atoms with Crippen molar-refractivity contribution in [2.24, 2.45) is 5.89 Å². The zero-order chi connectivity index (χ0) is 13.4. The Labute approximate surface area is 86.2 Å². The third-order valence-corrected chi connectivity index (χ3v) is 2.81. The molecular weight excluding hydrogens is 158 g/mol. The summed E-state index contributed by atoms with van der Waals surface area (Å²) in [5.41, 5.74) is 0.708. The SMILES string of the molecule is [2H]C1([2H])NCC2(c3ccc(C)cc3)C([2H])([2H])C12[2H]. The van der Waals surface area contributed by atoms with Crippen molar-refractivity contribution in [3.63, 3.8) is 0 Å². The lowest BCUT2D eigenvalue weighted by Gasteiger charge is -2.11. The monoisotopic (exact) mass is 178 g/mol. The van der Waals surface area contributed by atoms with E-state index in [0.717, 1.165) is 5.56 Å². The maximum absolute atomic E-state index is 8.29. The topological polar surface area (TPSA) is 12.0 Å². The maximum Gasteiger partial charge on any atom is 0.0431 e. The highest BCUT2D eigenvalue weighted by Crippen LogP contribution is 2.56. The first-order chi connectivity index (χ1) is 8.21. The first-order valence-corrected chi connectivity index (χ1v) is 4.53. The molecule has 1 N–H and O–H groups in total. The Morgan fingerprint density at radius 2 is 2.31 bits per heavy atom. The summed E-state index contributed by atoms with van der Waals surface area (Å²) in [4.78, 5) is 0. The molecular formula is C12H15N. The molecule has 0 aromatic heterocycles. The van der Waals surface area contributed by atoms with Crippen LogP contribution in [0.25, 0.3) is 0 Å². The third kappa shape index (κ3) is 0.969. The zero-order valence-electron chi connectivity index (χ0n) is 12.5. The number of hydrogen-bond donors (Lipinski definition) is 1. The number of piperidine rings is 1. The second-order valence-corrected chi connectivity index (χ2v) is 3.75. The van der Waals surface area contributed by atoms with Crippen molar-refractivity contribution in [3.8, 4) is 0 Å². The predicted molar refractivity (Wildman–Crippen MR) is 53.8 cm³/mol. The second kappa shape index (κ2) is 2.36. The molecule has 1 nitrogen and oxygen atoms in total. The molecule has 68 valence electrons. The number of benzene rings is 1. The van der Waals surface area contributed by atoms with Crippen LogP contribution in [0.2, 0.25) is 0 Å². The lowest BCUT2D eigenvalue weighted by Crippen LogP contribution is -2.19. The fourth-order valence-electron chi connectivity index (χ4n) is 1.87. The lowest BCUT2D eigenvalue weighted by molar-refractivity contribution is 0.675. The standard InChI is InChI=1S/C12H15N/c1-9-2-4-10(5-3-9)12-6-11(12)7-13-8-12/h2-5,11,13H,6-8H2,1H3/i6D2,7D2,11D. The van der Waals surface area contributed by atoms with E-state index in [1.54, 1.807) is 0 Å². The highest BCUT2D eigenvalue weighted by molar-refractivity contribution is 5.38. The minimum absolute atomic E-state index is 0.166. The van der Waals surface area contributed by atoms with Gasteiger partial charge in [-0.1, -0.05) is 29.8 Å². The Morgan fingerprint density at radius 3 is 2.92 bits per heavy atom. The van der Waals surface area contributed by atoms with Gasteiger partial charge < -0.3 is 5.32 Å². The van der Waals surface area contributed by atoms with E-state index in [0.29, 0.717) is 5.56 Å². The van der Waals surface area contributed by atoms with Crippen LogP contribution in [0.1, 0.15) is 24.4 Å². The van der Waals surface area contributed by atoms with E-state index in [1.807, 2.05) is 31.2 Å². The molecule has 1 aromatic rings. The quantitative estimate of drug-likeness (QED) is 0.692. The molecule has 2 aliphatic rings. The van der Waals surface area contributed by atoms with Gasteiger partial charge in [-0.3, -0.25) is 0 Å². The van der Waals surface area contributed by atoms with Crippen LogP contribution < -0.4 is 5.32 Å². The summed E-state index contributed by atoms with van der Waals surface area (Å²) in [6.07, 6.45) is -1.84. The van der Waals surface area contributed by atoms with Gasteiger partial charge in [-0.05, 0) is 31.3 Å². The van der Waals surface area contributed by atoms with Gasteiger partial charge in [0.2, 0.25) is 0 Å². The molecule has 1 aliphatic heterocycles. The third-order valence-electron chi connectivity index (χ3n) is 2.81. The summed E-state index contributed by atoms with van der Waals surface area (Å²) in [6.45, 7) is 0.115. The molecule has 2 atom stereocenters. The minimum Gasteiger partial charge on any atom is -0.316 e. The Hall–Kier alpha value is -0.820. The van der Waals surface area contributed by atoms with Crippen LogP contribution in [0, 0.1) is 12.8 Å². The number of fused-ring (bicyclic) bond motifs is 1. The van der Waals surface area contributed by atoms with Crippen molar-refractivity contribution < 1.29 is 6.85 Å². The Morgan fingerprint density at radius 1 is 1.54 bits per heavy atom. The van der Waals surface area contributed by atoms with Gasteiger partial charge in [-0.25, -0.2) is 0 Å². The van der Waals surface area contributed by atoms with E-state index in [2.05, 4.69) is 5.32 Å². The van der Waals surface area contributed by atoms with Crippen LogP contribution in [0.5, 0.6) is 0 Å². The lowest BCUT2D eigenvalue weighted by atomic mass is 9.94. The Kier molecular flexibility index (Phi) is 0.750. The minimum atomic E-state index is -2.00. The summed E-state index contributed by atoms with van der Waals surface area (Å²) >= 11 is 0. The zero-order valence-corrected chi connectivity index (χ0v) is 7.52. The maximum atomic E-state index is 8.29. The van der Waals surface area contributed by atoms with Crippen LogP contribution in [-0.4, -0.2) is 13.0 Å². The van der Waals surface area contributed by atoms with Crippen LogP contribution >= 0.6 is 0 Å². The summed E-state index contributed by atoms with van der Waals surface area (Å²) in [7, 11) is 0. The predicted octanol–water partition coefficient (Wildman–Crippen LogP) is 1.86. The summed E-state index contributed by atoms with van der Waals surface area (Å²) < 4.78 is 40.1. The van der Waals surface area contributed by atoms with Gasteiger partial charge in [0, 0.05) is 18.8 Å². The van der Waals surface area contributed by atoms with Gasteiger partial charge in [0.15, 0.2) is 0 Å². The van der Waals surface area contributed by atoms with Gasteiger partial charge in [0.05, 0.1) is 0 Å². The van der Waals surface area contributed by atoms with Gasteiger partial charge in [-0.15, -0.1) is 0 Å². The molecule has 0 spiro atoms. The molecule has 1 aliphatic carbocycles. The fraction of sp³-hybridized carbons (Fsp3) is 0.500. The van der Waals surface area contributed by atoms with E-state index in [4.69, 9.17) is 6.85 Å². The Bertz CT molecular complexity index is 512. The normalized spacial score (nSPS) is 55.0. The molecule has 1 heterocycles. The van der Waals surface area contributed by atoms with E-state index in [-0.39, 0.29) is 6.54 Å². The van der Waals surface area contributed by atoms with Crippen LogP contribution in [0.4, 0.5) is 0 Å². The van der Waals surface area contributed by atoms with Crippen molar-refractivity contribution in [1.29, 1.82) is 0 Å². The Balaban J connectivity index is 2.15. The van der Waals surface area contributed by atoms with Crippen molar-refractivity contribution in [2.45, 2.75) is 18.7 Å². The number of nitrogens with one attached hydrogen (secondary N) is 1. The molecule has 1 aromatic carbocycles. The van der Waals surface area contributed by atoms with E-state index >= 15 is 0 Å². The largest absolute Gasteiger partial charge is 0.316 e. The molecule has 13 heavy (non-hydrogen) atoms. The van der Waals surface area contributed by atoms with Gasteiger partial charge in [-0.2, -0.15) is 0 Å². The van der Waals surface area contributed by atoms with Crippen molar-refractivity contribution in [1.82, 2.24) is 5.32 Å². The number of hydrogen-bond acceptors (Lipinski definition) is 1. The first-order valence-electron chi connectivity index (χ1n) is 7.03. The molecule has 0 radical (unpaired) electrons.